The number of anilines is 1. The third-order valence-electron chi connectivity index (χ3n) is 2.43. The molecule has 0 saturated heterocycles. The lowest BCUT2D eigenvalue weighted by Gasteiger charge is -2.11. The van der Waals surface area contributed by atoms with E-state index in [1.807, 2.05) is 0 Å². The summed E-state index contributed by atoms with van der Waals surface area (Å²) in [5.74, 6) is -0.303. The lowest BCUT2D eigenvalue weighted by atomic mass is 10.3. The SMILES string of the molecule is O=S(=O)(Nc1cc(O)c(Cl)cc1Cl)c1cc(Cl)cc(Cl)c1. The minimum Gasteiger partial charge on any atom is -0.506 e. The van der Waals surface area contributed by atoms with Gasteiger partial charge in [-0.15, -0.1) is 0 Å². The molecule has 0 atom stereocenters. The molecule has 0 aliphatic carbocycles. The van der Waals surface area contributed by atoms with E-state index >= 15 is 0 Å². The molecule has 2 N–H and O–H groups in total. The van der Waals surface area contributed by atoms with Crippen LogP contribution in [0.3, 0.4) is 0 Å². The van der Waals surface area contributed by atoms with Crippen LogP contribution in [0.1, 0.15) is 0 Å². The van der Waals surface area contributed by atoms with E-state index in [9.17, 15) is 13.5 Å². The molecule has 0 aromatic heterocycles. The summed E-state index contributed by atoms with van der Waals surface area (Å²) in [7, 11) is -3.97. The number of hydrogen-bond acceptors (Lipinski definition) is 3. The third-order valence-corrected chi connectivity index (χ3v) is 4.82. The van der Waals surface area contributed by atoms with Crippen LogP contribution in [0.15, 0.2) is 35.2 Å². The highest BCUT2D eigenvalue weighted by Gasteiger charge is 2.18. The van der Waals surface area contributed by atoms with Gasteiger partial charge in [-0.05, 0) is 24.3 Å². The quantitative estimate of drug-likeness (QED) is 0.795. The number of aromatic hydroxyl groups is 1. The van der Waals surface area contributed by atoms with Crippen LogP contribution in [0.25, 0.3) is 0 Å². The average Bonchev–Trinajstić information content (AvgIpc) is 2.34. The van der Waals surface area contributed by atoms with Crippen molar-refractivity contribution in [3.05, 3.63) is 50.4 Å². The Bertz CT molecular complexity index is 788. The topological polar surface area (TPSA) is 66.4 Å². The van der Waals surface area contributed by atoms with Crippen LogP contribution in [-0.2, 0) is 10.0 Å². The number of sulfonamides is 1. The van der Waals surface area contributed by atoms with E-state index in [2.05, 4.69) is 4.72 Å². The number of rotatable bonds is 3. The zero-order valence-corrected chi connectivity index (χ0v) is 13.9. The van der Waals surface area contributed by atoms with Gasteiger partial charge in [-0.3, -0.25) is 4.72 Å². The molecule has 0 fully saturated rings. The zero-order chi connectivity index (χ0) is 15.8. The van der Waals surface area contributed by atoms with Gasteiger partial charge < -0.3 is 5.11 Å². The molecule has 2 aromatic carbocycles. The Hall–Kier alpha value is -0.850. The molecule has 21 heavy (non-hydrogen) atoms. The van der Waals surface area contributed by atoms with Gasteiger partial charge >= 0.3 is 0 Å². The standard InChI is InChI=1S/C12H7Cl4NO3S/c13-6-1-7(14)3-8(2-6)21(19,20)17-11-5-12(18)10(16)4-9(11)15/h1-5,17-18H. The van der Waals surface area contributed by atoms with E-state index < -0.39 is 10.0 Å². The molecule has 0 aliphatic heterocycles. The lowest BCUT2D eigenvalue weighted by molar-refractivity contribution is 0.476. The van der Waals surface area contributed by atoms with E-state index in [0.29, 0.717) is 0 Å². The molecular weight excluding hydrogens is 380 g/mol. The van der Waals surface area contributed by atoms with Gasteiger partial charge in [-0.25, -0.2) is 8.42 Å². The van der Waals surface area contributed by atoms with E-state index in [1.165, 1.54) is 24.3 Å². The minimum absolute atomic E-state index is 0.00810. The van der Waals surface area contributed by atoms with E-state index in [1.54, 1.807) is 0 Å². The van der Waals surface area contributed by atoms with E-state index in [4.69, 9.17) is 46.4 Å². The second-order valence-electron chi connectivity index (χ2n) is 3.99. The Morgan fingerprint density at radius 3 is 2.00 bits per heavy atom. The van der Waals surface area contributed by atoms with Crippen LogP contribution in [0.5, 0.6) is 5.75 Å². The molecule has 0 spiro atoms. The van der Waals surface area contributed by atoms with Gasteiger partial charge in [0.15, 0.2) is 0 Å². The summed E-state index contributed by atoms with van der Waals surface area (Å²) < 4.78 is 26.7. The molecule has 2 aromatic rings. The van der Waals surface area contributed by atoms with Gasteiger partial charge in [0.25, 0.3) is 10.0 Å². The van der Waals surface area contributed by atoms with Gasteiger partial charge in [0.05, 0.1) is 20.6 Å². The maximum absolute atomic E-state index is 12.3. The van der Waals surface area contributed by atoms with E-state index in [0.717, 1.165) is 6.07 Å². The summed E-state index contributed by atoms with van der Waals surface area (Å²) in [6.07, 6.45) is 0. The van der Waals surface area contributed by atoms with Crippen LogP contribution < -0.4 is 4.72 Å². The van der Waals surface area contributed by atoms with Crippen molar-refractivity contribution in [2.24, 2.45) is 0 Å². The molecule has 0 amide bonds. The van der Waals surface area contributed by atoms with Crippen molar-refractivity contribution in [1.82, 2.24) is 0 Å². The molecule has 0 unspecified atom stereocenters. The third kappa shape index (κ3) is 3.87. The summed E-state index contributed by atoms with van der Waals surface area (Å²) in [5, 5.41) is 9.91. The van der Waals surface area contributed by atoms with Crippen LogP contribution in [0.4, 0.5) is 5.69 Å². The Morgan fingerprint density at radius 2 is 1.43 bits per heavy atom. The predicted molar refractivity (Wildman–Crippen MR) is 85.4 cm³/mol. The fraction of sp³-hybridized carbons (Fsp3) is 0. The summed E-state index contributed by atoms with van der Waals surface area (Å²) in [6.45, 7) is 0. The monoisotopic (exact) mass is 385 g/mol. The number of benzene rings is 2. The summed E-state index contributed by atoms with van der Waals surface area (Å²) in [5.41, 5.74) is -0.0188. The van der Waals surface area contributed by atoms with E-state index in [-0.39, 0.29) is 36.4 Å². The van der Waals surface area contributed by atoms with Crippen LogP contribution in [0.2, 0.25) is 20.1 Å². The van der Waals surface area contributed by atoms with Crippen molar-refractivity contribution < 1.29 is 13.5 Å². The fourth-order valence-electron chi connectivity index (χ4n) is 1.50. The summed E-state index contributed by atoms with van der Waals surface area (Å²) in [4.78, 5) is -0.134. The lowest BCUT2D eigenvalue weighted by Crippen LogP contribution is -2.13. The number of nitrogens with one attached hydrogen (secondary N) is 1. The molecule has 0 aliphatic rings. The first-order valence-corrected chi connectivity index (χ1v) is 8.35. The molecule has 9 heteroatoms. The van der Waals surface area contributed by atoms with Crippen LogP contribution in [-0.4, -0.2) is 13.5 Å². The number of phenolic OH excluding ortho intramolecular Hbond substituents is 1. The van der Waals surface area contributed by atoms with Crippen molar-refractivity contribution in [1.29, 1.82) is 0 Å². The van der Waals surface area contributed by atoms with Crippen molar-refractivity contribution in [3.8, 4) is 5.75 Å². The van der Waals surface area contributed by atoms with Crippen molar-refractivity contribution in [2.45, 2.75) is 4.90 Å². The van der Waals surface area contributed by atoms with Gasteiger partial charge in [0.2, 0.25) is 0 Å². The van der Waals surface area contributed by atoms with Gasteiger partial charge in [0, 0.05) is 16.1 Å². The Morgan fingerprint density at radius 1 is 0.857 bits per heavy atom. The number of hydrogen-bond donors (Lipinski definition) is 2. The van der Waals surface area contributed by atoms with Crippen LogP contribution in [0, 0.1) is 0 Å². The highest BCUT2D eigenvalue weighted by molar-refractivity contribution is 7.92. The maximum atomic E-state index is 12.3. The molecule has 0 radical (unpaired) electrons. The van der Waals surface area contributed by atoms with Crippen molar-refractivity contribution in [3.63, 3.8) is 0 Å². The molecular formula is C12H7Cl4NO3S. The van der Waals surface area contributed by atoms with Gasteiger partial charge in [0.1, 0.15) is 5.75 Å². The molecule has 0 saturated carbocycles. The Kier molecular flexibility index (Phi) is 4.80. The molecule has 112 valence electrons. The number of phenols is 1. The zero-order valence-electron chi connectivity index (χ0n) is 10.1. The second kappa shape index (κ2) is 6.10. The average molecular weight is 387 g/mol. The first-order valence-electron chi connectivity index (χ1n) is 5.36. The predicted octanol–water partition coefficient (Wildman–Crippen LogP) is 4.81. The largest absolute Gasteiger partial charge is 0.506 e. The fourth-order valence-corrected chi connectivity index (χ4v) is 3.79. The number of halogens is 4. The second-order valence-corrected chi connectivity index (χ2v) is 7.36. The highest BCUT2D eigenvalue weighted by atomic mass is 35.5. The van der Waals surface area contributed by atoms with Crippen LogP contribution >= 0.6 is 46.4 Å². The molecule has 4 nitrogen and oxygen atoms in total. The summed E-state index contributed by atoms with van der Waals surface area (Å²) in [6, 6.07) is 6.21. The maximum Gasteiger partial charge on any atom is 0.262 e. The first kappa shape index (κ1) is 16.5. The van der Waals surface area contributed by atoms with Gasteiger partial charge in [-0.2, -0.15) is 0 Å². The Labute approximate surface area is 141 Å². The summed E-state index contributed by atoms with van der Waals surface area (Å²) >= 11 is 23.1. The molecule has 0 bridgehead atoms. The normalized spacial score (nSPS) is 11.4. The highest BCUT2D eigenvalue weighted by Crippen LogP contribution is 2.34. The van der Waals surface area contributed by atoms with Gasteiger partial charge in [-0.1, -0.05) is 46.4 Å². The first-order chi connectivity index (χ1) is 9.69. The minimum atomic E-state index is -3.97. The molecule has 2 rings (SSSR count). The van der Waals surface area contributed by atoms with Crippen molar-refractivity contribution >= 4 is 62.1 Å². The Balaban J connectivity index is 2.44. The molecule has 0 heterocycles. The van der Waals surface area contributed by atoms with Crippen molar-refractivity contribution in [2.75, 3.05) is 4.72 Å². The smallest absolute Gasteiger partial charge is 0.262 e.